The maximum Gasteiger partial charge on any atom is 0.257 e. The van der Waals surface area contributed by atoms with E-state index in [1.54, 1.807) is 7.05 Å². The summed E-state index contributed by atoms with van der Waals surface area (Å²) in [4.78, 5) is 11.8. The van der Waals surface area contributed by atoms with E-state index in [0.717, 1.165) is 29.3 Å². The van der Waals surface area contributed by atoms with Crippen molar-refractivity contribution in [1.82, 2.24) is 9.69 Å². The summed E-state index contributed by atoms with van der Waals surface area (Å²) in [6.45, 7) is 0.937. The van der Waals surface area contributed by atoms with Gasteiger partial charge in [-0.15, -0.1) is 0 Å². The normalized spacial score (nSPS) is 28.6. The van der Waals surface area contributed by atoms with E-state index in [0.29, 0.717) is 11.4 Å². The largest absolute Gasteiger partial charge is 0.382 e. The summed E-state index contributed by atoms with van der Waals surface area (Å²) in [6.07, 6.45) is 5.53. The first kappa shape index (κ1) is 12.7. The molecular formula is C13H20N4OS. The van der Waals surface area contributed by atoms with Crippen LogP contribution in [-0.2, 0) is 0 Å². The molecule has 3 rings (SSSR count). The van der Waals surface area contributed by atoms with Crippen LogP contribution < -0.4 is 16.4 Å². The number of amides is 1. The minimum absolute atomic E-state index is 0.165. The summed E-state index contributed by atoms with van der Waals surface area (Å²) in [7, 11) is 1.61. The second-order valence-electron chi connectivity index (χ2n) is 5.67. The molecule has 2 saturated carbocycles. The van der Waals surface area contributed by atoms with E-state index in [9.17, 15) is 4.79 Å². The molecule has 2 bridgehead atoms. The number of nitrogens with two attached hydrogens (primary N) is 1. The van der Waals surface area contributed by atoms with Crippen LogP contribution in [0, 0.1) is 17.8 Å². The molecule has 6 heteroatoms. The number of carbonyl (C=O) groups is 1. The van der Waals surface area contributed by atoms with Gasteiger partial charge >= 0.3 is 0 Å². The van der Waals surface area contributed by atoms with Crippen molar-refractivity contribution in [2.45, 2.75) is 25.7 Å². The number of hydrogen-bond donors (Lipinski definition) is 3. The number of fused-ring (bicyclic) bond motifs is 2. The van der Waals surface area contributed by atoms with Gasteiger partial charge < -0.3 is 16.4 Å². The van der Waals surface area contributed by atoms with E-state index >= 15 is 0 Å². The molecule has 2 aliphatic rings. The van der Waals surface area contributed by atoms with E-state index < -0.39 is 0 Å². The van der Waals surface area contributed by atoms with Crippen molar-refractivity contribution in [2.24, 2.45) is 17.8 Å². The van der Waals surface area contributed by atoms with Crippen molar-refractivity contribution in [3.05, 3.63) is 5.56 Å². The average Bonchev–Trinajstić information content (AvgIpc) is 3.10. The zero-order chi connectivity index (χ0) is 13.4. The van der Waals surface area contributed by atoms with Gasteiger partial charge in [0.25, 0.3) is 5.91 Å². The van der Waals surface area contributed by atoms with Crippen LogP contribution in [0.2, 0.25) is 0 Å². The molecule has 3 unspecified atom stereocenters. The highest BCUT2D eigenvalue weighted by molar-refractivity contribution is 7.11. The van der Waals surface area contributed by atoms with Crippen LogP contribution in [0.4, 0.5) is 10.8 Å². The maximum absolute atomic E-state index is 11.8. The van der Waals surface area contributed by atoms with Gasteiger partial charge in [0.1, 0.15) is 10.6 Å². The molecule has 104 valence electrons. The van der Waals surface area contributed by atoms with Crippen LogP contribution in [0.25, 0.3) is 0 Å². The van der Waals surface area contributed by atoms with Gasteiger partial charge in [-0.3, -0.25) is 4.79 Å². The molecule has 1 aromatic rings. The second kappa shape index (κ2) is 5.00. The van der Waals surface area contributed by atoms with Crippen LogP contribution in [-0.4, -0.2) is 23.9 Å². The first-order chi connectivity index (χ1) is 9.19. The molecule has 1 heterocycles. The fraction of sp³-hybridized carbons (Fsp3) is 0.692. The van der Waals surface area contributed by atoms with Crippen LogP contribution in [0.1, 0.15) is 36.0 Å². The highest BCUT2D eigenvalue weighted by Crippen LogP contribution is 2.48. The van der Waals surface area contributed by atoms with Gasteiger partial charge in [0.2, 0.25) is 0 Å². The summed E-state index contributed by atoms with van der Waals surface area (Å²) in [6, 6.07) is 0. The van der Waals surface area contributed by atoms with Crippen LogP contribution in [0.5, 0.6) is 0 Å². The van der Waals surface area contributed by atoms with E-state index in [2.05, 4.69) is 15.0 Å². The topological polar surface area (TPSA) is 80.0 Å². The van der Waals surface area contributed by atoms with E-state index in [1.165, 1.54) is 37.2 Å². The van der Waals surface area contributed by atoms with Gasteiger partial charge in [-0.05, 0) is 48.5 Å². The number of carbonyl (C=O) groups excluding carboxylic acids is 1. The first-order valence-corrected chi connectivity index (χ1v) is 7.67. The Labute approximate surface area is 117 Å². The molecule has 2 aliphatic carbocycles. The molecule has 3 atom stereocenters. The smallest absolute Gasteiger partial charge is 0.257 e. The Kier molecular flexibility index (Phi) is 3.35. The number of nitrogens with one attached hydrogen (secondary N) is 2. The standard InChI is InChI=1S/C13H20N4OS/c1-15-12(18)10-11(14)17-19-13(10)16-6-9-5-7-2-3-8(9)4-7/h7-9,16H,2-6H2,1H3,(H2,14,17)(H,15,18). The molecule has 4 N–H and O–H groups in total. The third-order valence-electron chi connectivity index (χ3n) is 4.58. The van der Waals surface area contributed by atoms with Gasteiger partial charge in [0.05, 0.1) is 0 Å². The highest BCUT2D eigenvalue weighted by atomic mass is 32.1. The SMILES string of the molecule is CNC(=O)c1c(N)nsc1NCC1CC2CCC1C2. The molecule has 0 saturated heterocycles. The monoisotopic (exact) mass is 280 g/mol. The van der Waals surface area contributed by atoms with Gasteiger partial charge in [-0.25, -0.2) is 0 Å². The predicted octanol–water partition coefficient (Wildman–Crippen LogP) is 1.93. The second-order valence-corrected chi connectivity index (χ2v) is 6.44. The first-order valence-electron chi connectivity index (χ1n) is 6.90. The average molecular weight is 280 g/mol. The molecule has 0 aromatic carbocycles. The van der Waals surface area contributed by atoms with Gasteiger partial charge in [-0.1, -0.05) is 6.42 Å². The lowest BCUT2D eigenvalue weighted by Gasteiger charge is -2.22. The lowest BCUT2D eigenvalue weighted by molar-refractivity contribution is 0.0965. The van der Waals surface area contributed by atoms with Crippen LogP contribution >= 0.6 is 11.5 Å². The fourth-order valence-corrected chi connectivity index (χ4v) is 4.34. The lowest BCUT2D eigenvalue weighted by Crippen LogP contribution is -2.23. The number of aromatic nitrogens is 1. The zero-order valence-corrected chi connectivity index (χ0v) is 11.9. The number of nitrogens with zero attached hydrogens (tertiary/aromatic N) is 1. The maximum atomic E-state index is 11.8. The number of hydrogen-bond acceptors (Lipinski definition) is 5. The number of rotatable bonds is 4. The lowest BCUT2D eigenvalue weighted by atomic mass is 9.89. The Morgan fingerprint density at radius 2 is 2.32 bits per heavy atom. The molecular weight excluding hydrogens is 260 g/mol. The Morgan fingerprint density at radius 3 is 2.95 bits per heavy atom. The Bertz CT molecular complexity index is 487. The van der Waals surface area contributed by atoms with E-state index in [1.807, 2.05) is 0 Å². The van der Waals surface area contributed by atoms with Crippen molar-refractivity contribution in [1.29, 1.82) is 0 Å². The molecule has 19 heavy (non-hydrogen) atoms. The Balaban J connectivity index is 1.65. The molecule has 0 radical (unpaired) electrons. The van der Waals surface area contributed by atoms with Crippen LogP contribution in [0.3, 0.4) is 0 Å². The van der Waals surface area contributed by atoms with Gasteiger partial charge in [0.15, 0.2) is 5.82 Å². The minimum atomic E-state index is -0.165. The van der Waals surface area contributed by atoms with Crippen molar-refractivity contribution >= 4 is 28.3 Å². The molecule has 1 amide bonds. The van der Waals surface area contributed by atoms with E-state index in [4.69, 9.17) is 5.73 Å². The summed E-state index contributed by atoms with van der Waals surface area (Å²) in [5.41, 5.74) is 6.26. The minimum Gasteiger partial charge on any atom is -0.382 e. The molecule has 1 aromatic heterocycles. The quantitative estimate of drug-likeness (QED) is 0.787. The summed E-state index contributed by atoms with van der Waals surface area (Å²) in [5.74, 6) is 2.73. The Hall–Kier alpha value is -1.30. The van der Waals surface area contributed by atoms with Crippen LogP contribution in [0.15, 0.2) is 0 Å². The molecule has 0 spiro atoms. The molecule has 2 fully saturated rings. The highest BCUT2D eigenvalue weighted by Gasteiger charge is 2.39. The van der Waals surface area contributed by atoms with Gasteiger partial charge in [0, 0.05) is 13.6 Å². The molecule has 0 aliphatic heterocycles. The Morgan fingerprint density at radius 1 is 1.47 bits per heavy atom. The van der Waals surface area contributed by atoms with Crippen molar-refractivity contribution in [2.75, 3.05) is 24.6 Å². The third kappa shape index (κ3) is 2.29. The fourth-order valence-electron chi connectivity index (χ4n) is 3.62. The zero-order valence-electron chi connectivity index (χ0n) is 11.1. The van der Waals surface area contributed by atoms with E-state index in [-0.39, 0.29) is 5.91 Å². The third-order valence-corrected chi connectivity index (χ3v) is 5.40. The van der Waals surface area contributed by atoms with Crippen molar-refractivity contribution in [3.8, 4) is 0 Å². The van der Waals surface area contributed by atoms with Gasteiger partial charge in [-0.2, -0.15) is 4.37 Å². The summed E-state index contributed by atoms with van der Waals surface area (Å²) >= 11 is 1.28. The van der Waals surface area contributed by atoms with Crippen molar-refractivity contribution < 1.29 is 4.79 Å². The summed E-state index contributed by atoms with van der Waals surface area (Å²) < 4.78 is 4.07. The molecule has 5 nitrogen and oxygen atoms in total. The number of anilines is 2. The number of nitrogen functional groups attached to an aromatic ring is 1. The van der Waals surface area contributed by atoms with Crippen molar-refractivity contribution in [3.63, 3.8) is 0 Å². The summed E-state index contributed by atoms with van der Waals surface area (Å²) in [5, 5.41) is 6.81. The predicted molar refractivity (Wildman–Crippen MR) is 77.3 cm³/mol.